The number of aromatic nitrogens is 1. The third-order valence-corrected chi connectivity index (χ3v) is 3.20. The minimum Gasteiger partial charge on any atom is -0.480 e. The van der Waals surface area contributed by atoms with Crippen LogP contribution in [-0.4, -0.2) is 22.0 Å². The van der Waals surface area contributed by atoms with Gasteiger partial charge < -0.3 is 10.4 Å². The molecule has 0 atom stereocenters. The summed E-state index contributed by atoms with van der Waals surface area (Å²) >= 11 is 0. The van der Waals surface area contributed by atoms with E-state index >= 15 is 0 Å². The molecule has 0 radical (unpaired) electrons. The molecule has 1 saturated carbocycles. The number of pyridine rings is 1. The second-order valence-corrected chi connectivity index (χ2v) is 4.42. The highest BCUT2D eigenvalue weighted by molar-refractivity contribution is 6.08. The van der Waals surface area contributed by atoms with Gasteiger partial charge in [0.25, 0.3) is 0 Å². The van der Waals surface area contributed by atoms with Gasteiger partial charge in [0.15, 0.2) is 0 Å². The van der Waals surface area contributed by atoms with Gasteiger partial charge in [0.1, 0.15) is 11.2 Å². The van der Waals surface area contributed by atoms with Crippen LogP contribution in [0.4, 0.5) is 5.82 Å². The fourth-order valence-corrected chi connectivity index (χ4v) is 1.85. The number of amides is 1. The Morgan fingerprint density at radius 2 is 2.12 bits per heavy atom. The van der Waals surface area contributed by atoms with E-state index in [1.54, 1.807) is 12.3 Å². The van der Waals surface area contributed by atoms with Crippen molar-refractivity contribution >= 4 is 17.7 Å². The number of carboxylic acid groups (broad SMARTS) is 1. The summed E-state index contributed by atoms with van der Waals surface area (Å²) in [6.45, 7) is 1.89. The minimum atomic E-state index is -1.24. The molecule has 5 heteroatoms. The van der Waals surface area contributed by atoms with Crippen LogP contribution in [0.25, 0.3) is 0 Å². The molecule has 5 nitrogen and oxygen atoms in total. The van der Waals surface area contributed by atoms with Gasteiger partial charge in [0, 0.05) is 6.20 Å². The van der Waals surface area contributed by atoms with Gasteiger partial charge in [-0.25, -0.2) is 4.98 Å². The van der Waals surface area contributed by atoms with Crippen LogP contribution >= 0.6 is 0 Å². The van der Waals surface area contributed by atoms with E-state index in [0.717, 1.165) is 12.0 Å². The van der Waals surface area contributed by atoms with Crippen molar-refractivity contribution in [3.8, 4) is 0 Å². The summed E-state index contributed by atoms with van der Waals surface area (Å²) < 4.78 is 0. The van der Waals surface area contributed by atoms with Crippen LogP contribution in [0, 0.1) is 12.3 Å². The first-order valence-corrected chi connectivity index (χ1v) is 5.52. The van der Waals surface area contributed by atoms with E-state index in [0.29, 0.717) is 18.7 Å². The van der Waals surface area contributed by atoms with Gasteiger partial charge in [-0.1, -0.05) is 12.5 Å². The zero-order valence-corrected chi connectivity index (χ0v) is 9.56. The van der Waals surface area contributed by atoms with Crippen LogP contribution in [0.15, 0.2) is 18.3 Å². The number of carbonyl (C=O) groups excluding carboxylic acids is 1. The summed E-state index contributed by atoms with van der Waals surface area (Å²) in [6, 6.07) is 3.48. The minimum absolute atomic E-state index is 0.396. The van der Waals surface area contributed by atoms with E-state index in [-0.39, 0.29) is 0 Å². The Balaban J connectivity index is 2.11. The SMILES string of the molecule is Cc1ccc(NC(=O)C2(C(=O)O)CCC2)nc1. The van der Waals surface area contributed by atoms with Gasteiger partial charge in [-0.2, -0.15) is 0 Å². The molecule has 0 aromatic carbocycles. The molecule has 17 heavy (non-hydrogen) atoms. The van der Waals surface area contributed by atoms with Crippen LogP contribution < -0.4 is 5.32 Å². The highest BCUT2D eigenvalue weighted by Crippen LogP contribution is 2.42. The number of hydrogen-bond acceptors (Lipinski definition) is 3. The number of nitrogens with one attached hydrogen (secondary N) is 1. The van der Waals surface area contributed by atoms with Crippen molar-refractivity contribution in [3.63, 3.8) is 0 Å². The summed E-state index contributed by atoms with van der Waals surface area (Å²) in [5.74, 6) is -1.12. The van der Waals surface area contributed by atoms with E-state index in [1.807, 2.05) is 13.0 Å². The van der Waals surface area contributed by atoms with E-state index in [9.17, 15) is 9.59 Å². The maximum absolute atomic E-state index is 11.9. The Bertz CT molecular complexity index is 449. The maximum Gasteiger partial charge on any atom is 0.319 e. The Labute approximate surface area is 98.9 Å². The van der Waals surface area contributed by atoms with E-state index in [1.165, 1.54) is 0 Å². The quantitative estimate of drug-likeness (QED) is 0.778. The lowest BCUT2D eigenvalue weighted by Gasteiger charge is -2.35. The normalized spacial score (nSPS) is 17.0. The lowest BCUT2D eigenvalue weighted by molar-refractivity contribution is -0.159. The van der Waals surface area contributed by atoms with Crippen LogP contribution in [0.5, 0.6) is 0 Å². The lowest BCUT2D eigenvalue weighted by Crippen LogP contribution is -2.48. The molecule has 90 valence electrons. The third kappa shape index (κ3) is 2.00. The molecule has 0 spiro atoms. The number of carboxylic acids is 1. The number of anilines is 1. The van der Waals surface area contributed by atoms with Gasteiger partial charge in [0.05, 0.1) is 0 Å². The van der Waals surface area contributed by atoms with E-state index in [2.05, 4.69) is 10.3 Å². The van der Waals surface area contributed by atoms with Crippen molar-refractivity contribution in [1.82, 2.24) is 4.98 Å². The first kappa shape index (κ1) is 11.6. The molecular formula is C12H14N2O3. The number of aliphatic carboxylic acids is 1. The molecule has 1 aliphatic carbocycles. The second-order valence-electron chi connectivity index (χ2n) is 4.42. The molecule has 2 N–H and O–H groups in total. The predicted molar refractivity (Wildman–Crippen MR) is 61.5 cm³/mol. The largest absolute Gasteiger partial charge is 0.480 e. The fraction of sp³-hybridized carbons (Fsp3) is 0.417. The smallest absolute Gasteiger partial charge is 0.319 e. The van der Waals surface area contributed by atoms with E-state index in [4.69, 9.17) is 5.11 Å². The van der Waals surface area contributed by atoms with Crippen molar-refractivity contribution < 1.29 is 14.7 Å². The first-order valence-electron chi connectivity index (χ1n) is 5.52. The number of rotatable bonds is 3. The Kier molecular flexibility index (Phi) is 2.83. The summed E-state index contributed by atoms with van der Waals surface area (Å²) in [5.41, 5.74) is -0.258. The second kappa shape index (κ2) is 4.16. The summed E-state index contributed by atoms with van der Waals surface area (Å²) in [5, 5.41) is 11.7. The first-order chi connectivity index (χ1) is 8.04. The average Bonchev–Trinajstić information content (AvgIpc) is 2.19. The van der Waals surface area contributed by atoms with Crippen LogP contribution in [0.2, 0.25) is 0 Å². The van der Waals surface area contributed by atoms with Crippen LogP contribution in [0.1, 0.15) is 24.8 Å². The molecule has 0 saturated heterocycles. The monoisotopic (exact) mass is 234 g/mol. The molecular weight excluding hydrogens is 220 g/mol. The standard InChI is InChI=1S/C12H14N2O3/c1-8-3-4-9(13-7-8)14-10(15)12(11(16)17)5-2-6-12/h3-4,7H,2,5-6H2,1H3,(H,16,17)(H,13,14,15). The van der Waals surface area contributed by atoms with Gasteiger partial charge in [-0.15, -0.1) is 0 Å². The van der Waals surface area contributed by atoms with Crippen molar-refractivity contribution in [3.05, 3.63) is 23.9 Å². The lowest BCUT2D eigenvalue weighted by atomic mass is 9.68. The number of hydrogen-bond donors (Lipinski definition) is 2. The van der Waals surface area contributed by atoms with Crippen LogP contribution in [-0.2, 0) is 9.59 Å². The van der Waals surface area contributed by atoms with Crippen LogP contribution in [0.3, 0.4) is 0 Å². The highest BCUT2D eigenvalue weighted by Gasteiger charge is 2.51. The van der Waals surface area contributed by atoms with E-state index < -0.39 is 17.3 Å². The highest BCUT2D eigenvalue weighted by atomic mass is 16.4. The Morgan fingerprint density at radius 3 is 2.53 bits per heavy atom. The van der Waals surface area contributed by atoms with Crippen molar-refractivity contribution in [2.24, 2.45) is 5.41 Å². The average molecular weight is 234 g/mol. The number of aryl methyl sites for hydroxylation is 1. The van der Waals surface area contributed by atoms with Crippen molar-refractivity contribution in [1.29, 1.82) is 0 Å². The number of nitrogens with zero attached hydrogens (tertiary/aromatic N) is 1. The van der Waals surface area contributed by atoms with Gasteiger partial charge in [-0.3, -0.25) is 9.59 Å². The summed E-state index contributed by atoms with van der Waals surface area (Å²) in [4.78, 5) is 27.0. The van der Waals surface area contributed by atoms with Gasteiger partial charge >= 0.3 is 5.97 Å². The van der Waals surface area contributed by atoms with Gasteiger partial charge in [0.2, 0.25) is 5.91 Å². The molecule has 0 bridgehead atoms. The molecule has 1 aliphatic rings. The molecule has 0 aliphatic heterocycles. The fourth-order valence-electron chi connectivity index (χ4n) is 1.85. The third-order valence-electron chi connectivity index (χ3n) is 3.20. The molecule has 1 aromatic rings. The van der Waals surface area contributed by atoms with Gasteiger partial charge in [-0.05, 0) is 31.4 Å². The predicted octanol–water partition coefficient (Wildman–Crippen LogP) is 1.58. The molecule has 2 rings (SSSR count). The molecule has 0 unspecified atom stereocenters. The molecule has 1 fully saturated rings. The topological polar surface area (TPSA) is 79.3 Å². The molecule has 1 heterocycles. The maximum atomic E-state index is 11.9. The Morgan fingerprint density at radius 1 is 1.41 bits per heavy atom. The zero-order chi connectivity index (χ0) is 12.5. The molecule has 1 aromatic heterocycles. The number of carbonyl (C=O) groups is 2. The van der Waals surface area contributed by atoms with Crippen molar-refractivity contribution in [2.45, 2.75) is 26.2 Å². The summed E-state index contributed by atoms with van der Waals surface area (Å²) in [7, 11) is 0. The molecule has 1 amide bonds. The summed E-state index contributed by atoms with van der Waals surface area (Å²) in [6.07, 6.45) is 3.21. The zero-order valence-electron chi connectivity index (χ0n) is 9.56. The Hall–Kier alpha value is -1.91. The van der Waals surface area contributed by atoms with Crippen molar-refractivity contribution in [2.75, 3.05) is 5.32 Å².